The number of nitrogens with zero attached hydrogens (tertiary/aromatic N) is 4. The molecule has 9 nitrogen and oxygen atoms in total. The summed E-state index contributed by atoms with van der Waals surface area (Å²) in [5, 5.41) is 0. The number of rotatable bonds is 5. The van der Waals surface area contributed by atoms with E-state index in [9.17, 15) is 9.59 Å². The number of piperazine rings is 1. The van der Waals surface area contributed by atoms with Gasteiger partial charge in [0.2, 0.25) is 0 Å². The van der Waals surface area contributed by atoms with Crippen molar-refractivity contribution < 1.29 is 23.8 Å². The number of aromatic nitrogens is 2. The molecule has 9 heteroatoms. The van der Waals surface area contributed by atoms with Crippen LogP contribution in [0.3, 0.4) is 0 Å². The van der Waals surface area contributed by atoms with Crippen LogP contribution in [0.15, 0.2) is 67.0 Å². The van der Waals surface area contributed by atoms with Gasteiger partial charge < -0.3 is 28.6 Å². The zero-order chi connectivity index (χ0) is 28.6. The summed E-state index contributed by atoms with van der Waals surface area (Å²) >= 11 is 0. The largest absolute Gasteiger partial charge is 0.444 e. The van der Waals surface area contributed by atoms with Gasteiger partial charge in [0.25, 0.3) is 5.91 Å². The molecule has 4 heterocycles. The van der Waals surface area contributed by atoms with Crippen molar-refractivity contribution in [1.29, 1.82) is 0 Å². The second-order valence-corrected chi connectivity index (χ2v) is 12.2. The Balaban J connectivity index is 1.34. The summed E-state index contributed by atoms with van der Waals surface area (Å²) in [6.45, 7) is 8.60. The van der Waals surface area contributed by atoms with Crippen LogP contribution >= 0.6 is 0 Å². The molecular weight excluding hydrogens is 520 g/mol. The molecule has 2 amide bonds. The number of epoxide rings is 1. The fourth-order valence-corrected chi connectivity index (χ4v) is 5.97. The van der Waals surface area contributed by atoms with Crippen LogP contribution in [-0.2, 0) is 20.6 Å². The lowest BCUT2D eigenvalue weighted by molar-refractivity contribution is 0.00419. The van der Waals surface area contributed by atoms with Crippen molar-refractivity contribution in [2.45, 2.75) is 56.9 Å². The first kappa shape index (κ1) is 27.5. The Morgan fingerprint density at radius 2 is 1.76 bits per heavy atom. The lowest BCUT2D eigenvalue weighted by atomic mass is 9.94. The SMILES string of the molecule is CC(C)(C)OC(=O)N1CCN(C(=O)c2ncn(C3COCCC34CO4)c2-c2ccccc2)[C@H](Cc2ccccc2)C1. The molecule has 3 saturated heterocycles. The Kier molecular flexibility index (Phi) is 7.34. The Morgan fingerprint density at radius 1 is 1.05 bits per heavy atom. The molecule has 0 N–H and O–H groups in total. The van der Waals surface area contributed by atoms with Crippen molar-refractivity contribution in [2.24, 2.45) is 0 Å². The molecule has 216 valence electrons. The van der Waals surface area contributed by atoms with Crippen molar-refractivity contribution in [2.75, 3.05) is 39.5 Å². The first-order valence-electron chi connectivity index (χ1n) is 14.4. The van der Waals surface area contributed by atoms with Gasteiger partial charge in [0.05, 0.1) is 37.3 Å². The summed E-state index contributed by atoms with van der Waals surface area (Å²) in [6, 6.07) is 19.7. The van der Waals surface area contributed by atoms with Crippen LogP contribution in [0.2, 0.25) is 0 Å². The minimum atomic E-state index is -0.595. The third-order valence-electron chi connectivity index (χ3n) is 8.16. The van der Waals surface area contributed by atoms with Gasteiger partial charge in [-0.25, -0.2) is 9.78 Å². The molecule has 1 spiro atoms. The van der Waals surface area contributed by atoms with Crippen LogP contribution < -0.4 is 0 Å². The van der Waals surface area contributed by atoms with Crippen LogP contribution in [0.25, 0.3) is 11.3 Å². The summed E-state index contributed by atoms with van der Waals surface area (Å²) in [4.78, 5) is 35.8. The number of imidazole rings is 1. The Hall–Kier alpha value is -3.69. The van der Waals surface area contributed by atoms with E-state index in [0.717, 1.165) is 23.2 Å². The zero-order valence-electron chi connectivity index (χ0n) is 24.0. The quantitative estimate of drug-likeness (QED) is 0.426. The lowest BCUT2D eigenvalue weighted by Crippen LogP contribution is -2.58. The fraction of sp³-hybridized carbons (Fsp3) is 0.469. The van der Waals surface area contributed by atoms with Crippen LogP contribution in [0, 0.1) is 0 Å². The molecule has 1 aromatic heterocycles. The van der Waals surface area contributed by atoms with E-state index in [1.54, 1.807) is 11.2 Å². The topological polar surface area (TPSA) is 89.4 Å². The zero-order valence-corrected chi connectivity index (χ0v) is 24.0. The molecule has 0 radical (unpaired) electrons. The summed E-state index contributed by atoms with van der Waals surface area (Å²) in [5.41, 5.74) is 2.33. The molecule has 3 fully saturated rings. The lowest BCUT2D eigenvalue weighted by Gasteiger charge is -2.41. The van der Waals surface area contributed by atoms with Crippen molar-refractivity contribution in [3.8, 4) is 11.3 Å². The van der Waals surface area contributed by atoms with E-state index in [4.69, 9.17) is 19.2 Å². The molecule has 0 bridgehead atoms. The van der Waals surface area contributed by atoms with Gasteiger partial charge in [-0.2, -0.15) is 0 Å². The average Bonchev–Trinajstić information content (AvgIpc) is 3.58. The van der Waals surface area contributed by atoms with Gasteiger partial charge >= 0.3 is 6.09 Å². The standard InChI is InChI=1S/C32H38N4O5/c1-31(2,3)41-30(38)34-15-16-35(25(19-34)18-23-10-6-4-7-11-23)29(37)27-28(24-12-8-5-9-13-24)36(22-33-27)26-20-39-17-14-32(26)21-40-32/h4-13,22,25-26H,14-21H2,1-3H3/t25-,26?,32?/m1/s1. The number of hydrogen-bond donors (Lipinski definition) is 0. The van der Waals surface area contributed by atoms with E-state index >= 15 is 0 Å². The Bertz CT molecular complexity index is 1380. The highest BCUT2D eigenvalue weighted by molar-refractivity contribution is 5.98. The fourth-order valence-electron chi connectivity index (χ4n) is 5.97. The van der Waals surface area contributed by atoms with Crippen LogP contribution in [0.1, 0.15) is 49.3 Å². The van der Waals surface area contributed by atoms with Crippen molar-refractivity contribution in [3.05, 3.63) is 78.2 Å². The van der Waals surface area contributed by atoms with E-state index in [-0.39, 0.29) is 29.7 Å². The van der Waals surface area contributed by atoms with Crippen molar-refractivity contribution in [1.82, 2.24) is 19.4 Å². The van der Waals surface area contributed by atoms with E-state index in [2.05, 4.69) is 16.7 Å². The summed E-state index contributed by atoms with van der Waals surface area (Å²) in [5.74, 6) is -0.144. The molecule has 6 rings (SSSR count). The maximum atomic E-state index is 14.4. The highest BCUT2D eigenvalue weighted by Gasteiger charge is 2.55. The summed E-state index contributed by atoms with van der Waals surface area (Å²) < 4.78 is 19.6. The molecule has 2 unspecified atom stereocenters. The molecule has 3 aliphatic rings. The maximum absolute atomic E-state index is 14.4. The number of carbonyl (C=O) groups excluding carboxylic acids is 2. The highest BCUT2D eigenvalue weighted by atomic mass is 16.6. The van der Waals surface area contributed by atoms with Crippen molar-refractivity contribution in [3.63, 3.8) is 0 Å². The van der Waals surface area contributed by atoms with Crippen LogP contribution in [-0.4, -0.2) is 88.1 Å². The normalized spacial score (nSPS) is 24.4. The molecule has 3 aromatic rings. The van der Waals surface area contributed by atoms with Crippen LogP contribution in [0.5, 0.6) is 0 Å². The molecular formula is C32H38N4O5. The van der Waals surface area contributed by atoms with Gasteiger partial charge in [-0.15, -0.1) is 0 Å². The number of amides is 2. The third kappa shape index (κ3) is 5.74. The average molecular weight is 559 g/mol. The maximum Gasteiger partial charge on any atom is 0.410 e. The second-order valence-electron chi connectivity index (χ2n) is 12.2. The van der Waals surface area contributed by atoms with Gasteiger partial charge in [-0.1, -0.05) is 60.7 Å². The van der Waals surface area contributed by atoms with Gasteiger partial charge in [0, 0.05) is 38.2 Å². The van der Waals surface area contributed by atoms with E-state index in [0.29, 0.717) is 51.6 Å². The summed E-state index contributed by atoms with van der Waals surface area (Å²) in [7, 11) is 0. The smallest absolute Gasteiger partial charge is 0.410 e. The van der Waals surface area contributed by atoms with E-state index in [1.807, 2.05) is 74.2 Å². The monoisotopic (exact) mass is 558 g/mol. The van der Waals surface area contributed by atoms with Crippen LogP contribution in [0.4, 0.5) is 4.79 Å². The number of ether oxygens (including phenoxy) is 3. The number of benzene rings is 2. The highest BCUT2D eigenvalue weighted by Crippen LogP contribution is 2.46. The minimum absolute atomic E-state index is 0.0652. The number of carbonyl (C=O) groups is 2. The van der Waals surface area contributed by atoms with Gasteiger partial charge in [0.1, 0.15) is 11.2 Å². The van der Waals surface area contributed by atoms with E-state index in [1.165, 1.54) is 0 Å². The molecule has 3 aliphatic heterocycles. The Morgan fingerprint density at radius 3 is 2.44 bits per heavy atom. The molecule has 41 heavy (non-hydrogen) atoms. The molecule has 3 atom stereocenters. The molecule has 2 aromatic carbocycles. The second kappa shape index (κ2) is 10.9. The molecule has 0 saturated carbocycles. The molecule has 0 aliphatic carbocycles. The predicted octanol–water partition coefficient (Wildman–Crippen LogP) is 4.58. The van der Waals surface area contributed by atoms with Gasteiger partial charge in [-0.05, 0) is 32.8 Å². The third-order valence-corrected chi connectivity index (χ3v) is 8.16. The predicted molar refractivity (Wildman–Crippen MR) is 154 cm³/mol. The van der Waals surface area contributed by atoms with E-state index < -0.39 is 5.60 Å². The van der Waals surface area contributed by atoms with Crippen molar-refractivity contribution >= 4 is 12.0 Å². The minimum Gasteiger partial charge on any atom is -0.444 e. The van der Waals surface area contributed by atoms with Gasteiger partial charge in [0.15, 0.2) is 5.69 Å². The van der Waals surface area contributed by atoms with Gasteiger partial charge in [-0.3, -0.25) is 4.79 Å². The summed E-state index contributed by atoms with van der Waals surface area (Å²) in [6.07, 6.45) is 2.84. The first-order valence-corrected chi connectivity index (χ1v) is 14.4. The first-order chi connectivity index (χ1) is 19.7. The number of hydrogen-bond acceptors (Lipinski definition) is 6. The Labute approximate surface area is 241 Å².